The molecule has 0 bridgehead atoms. The number of urea groups is 1. The highest BCUT2D eigenvalue weighted by Gasteiger charge is 2.06. The quantitative estimate of drug-likeness (QED) is 0.297. The summed E-state index contributed by atoms with van der Waals surface area (Å²) in [6, 6.07) is 12.9. The lowest BCUT2D eigenvalue weighted by Gasteiger charge is -2.09. The molecule has 0 aliphatic carbocycles. The van der Waals surface area contributed by atoms with Crippen molar-refractivity contribution in [3.63, 3.8) is 0 Å². The molecule has 2 aromatic rings. The van der Waals surface area contributed by atoms with Gasteiger partial charge in [0, 0.05) is 17.8 Å². The number of carbonyl (C=O) groups is 1. The van der Waals surface area contributed by atoms with Crippen molar-refractivity contribution < 1.29 is 7.86 Å². The number of hydrogen-bond acceptors (Lipinski definition) is 4. The van der Waals surface area contributed by atoms with Crippen LogP contribution < -0.4 is 20.0 Å². The van der Waals surface area contributed by atoms with Crippen LogP contribution in [0.1, 0.15) is 12.5 Å². The van der Waals surface area contributed by atoms with E-state index in [0.29, 0.717) is 12.1 Å². The monoisotopic (exact) mass is 424 g/mol. The van der Waals surface area contributed by atoms with Gasteiger partial charge in [-0.3, -0.25) is 0 Å². The van der Waals surface area contributed by atoms with E-state index in [2.05, 4.69) is 10.5 Å². The summed E-state index contributed by atoms with van der Waals surface area (Å²) in [7, 11) is 0. The summed E-state index contributed by atoms with van der Waals surface area (Å²) in [5.74, 6) is 0.733. The Balaban J connectivity index is 2.32. The van der Waals surface area contributed by atoms with Gasteiger partial charge >= 0.3 is 6.03 Å². The number of anilines is 1. The summed E-state index contributed by atoms with van der Waals surface area (Å²) in [5, 5.41) is 3.92. The molecule has 120 valence electrons. The Bertz CT molecular complexity index is 747. The van der Waals surface area contributed by atoms with E-state index in [0.717, 1.165) is 28.2 Å². The van der Waals surface area contributed by atoms with E-state index < -0.39 is 6.03 Å². The number of amides is 2. The summed E-state index contributed by atoms with van der Waals surface area (Å²) in [6.07, 6.45) is 0.559. The van der Waals surface area contributed by atoms with Crippen molar-refractivity contribution >= 4 is 40.4 Å². The topological polar surface area (TPSA) is 103 Å². The highest BCUT2D eigenvalue weighted by Crippen LogP contribution is 2.28. The average molecular weight is 424 g/mol. The van der Waals surface area contributed by atoms with E-state index in [1.807, 2.05) is 72.4 Å². The number of primary amides is 1. The van der Waals surface area contributed by atoms with Crippen LogP contribution in [0.15, 0.2) is 47.6 Å². The molecule has 0 aliphatic rings. The summed E-state index contributed by atoms with van der Waals surface area (Å²) < 4.78 is 5.34. The molecule has 0 aromatic heterocycles. The van der Waals surface area contributed by atoms with Crippen molar-refractivity contribution in [3.8, 4) is 16.9 Å². The molecule has 2 aromatic carbocycles. The molecule has 5 N–H and O–H groups in total. The van der Waals surface area contributed by atoms with Gasteiger partial charge in [-0.25, -0.2) is 10.2 Å². The minimum Gasteiger partial charge on any atom is -0.428 e. The Hall–Kier alpha value is -2.29. The molecule has 6 nitrogen and oxygen atoms in total. The largest absolute Gasteiger partial charge is 0.428 e. The third kappa shape index (κ3) is 5.13. The van der Waals surface area contributed by atoms with E-state index in [4.69, 9.17) is 14.5 Å². The first-order valence-electron chi connectivity index (χ1n) is 6.85. The fraction of sp³-hybridized carbons (Fsp3) is 0.125. The van der Waals surface area contributed by atoms with Gasteiger partial charge in [0.05, 0.1) is 0 Å². The van der Waals surface area contributed by atoms with Crippen LogP contribution in [-0.2, 0) is 6.42 Å². The van der Waals surface area contributed by atoms with Crippen molar-refractivity contribution in [2.75, 3.05) is 5.73 Å². The van der Waals surface area contributed by atoms with E-state index >= 15 is 0 Å². The van der Waals surface area contributed by atoms with Gasteiger partial charge < -0.3 is 14.5 Å². The number of benzene rings is 2. The highest BCUT2D eigenvalue weighted by atomic mass is 127. The second-order valence-electron chi connectivity index (χ2n) is 5.07. The molecule has 0 fully saturated rings. The van der Waals surface area contributed by atoms with Crippen LogP contribution in [0.3, 0.4) is 0 Å². The molecule has 0 atom stereocenters. The van der Waals surface area contributed by atoms with E-state index in [1.54, 1.807) is 0 Å². The Morgan fingerprint density at radius 3 is 2.70 bits per heavy atom. The summed E-state index contributed by atoms with van der Waals surface area (Å²) in [6.45, 7) is 1.81. The van der Waals surface area contributed by atoms with Crippen LogP contribution in [0.2, 0.25) is 0 Å². The maximum atomic E-state index is 10.7. The first-order valence-corrected chi connectivity index (χ1v) is 7.73. The molecule has 0 radical (unpaired) electrons. The highest BCUT2D eigenvalue weighted by molar-refractivity contribution is 14.1. The molecule has 0 aliphatic heterocycles. The third-order valence-corrected chi connectivity index (χ3v) is 3.60. The number of rotatable bonds is 5. The molecular formula is C16H17IN4O2. The number of nitrogen functional groups attached to an aromatic ring is 1. The molecule has 7 heteroatoms. The zero-order valence-corrected chi connectivity index (χ0v) is 14.7. The van der Waals surface area contributed by atoms with Gasteiger partial charge in [0.2, 0.25) is 0 Å². The average Bonchev–Trinajstić information content (AvgIpc) is 2.52. The number of halogens is 1. The zero-order chi connectivity index (χ0) is 16.8. The van der Waals surface area contributed by atoms with E-state index in [1.165, 1.54) is 0 Å². The number of nitrogens with zero attached hydrogens (tertiary/aromatic N) is 1. The predicted octanol–water partition coefficient (Wildman–Crippen LogP) is 3.25. The van der Waals surface area contributed by atoms with E-state index in [9.17, 15) is 4.79 Å². The Labute approximate surface area is 148 Å². The van der Waals surface area contributed by atoms with Gasteiger partial charge in [-0.05, 0) is 47.9 Å². The molecule has 0 spiro atoms. The summed E-state index contributed by atoms with van der Waals surface area (Å²) in [5.41, 5.74) is 17.5. The van der Waals surface area contributed by atoms with Gasteiger partial charge in [0.15, 0.2) is 23.0 Å². The maximum absolute atomic E-state index is 10.7. The smallest absolute Gasteiger partial charge is 0.332 e. The lowest BCUT2D eigenvalue weighted by Crippen LogP contribution is -2.25. The van der Waals surface area contributed by atoms with Crippen molar-refractivity contribution in [3.05, 3.63) is 48.0 Å². The van der Waals surface area contributed by atoms with Gasteiger partial charge in [-0.1, -0.05) is 18.2 Å². The normalized spacial score (nSPS) is 11.1. The fourth-order valence-electron chi connectivity index (χ4n) is 2.18. The van der Waals surface area contributed by atoms with Gasteiger partial charge in [-0.2, -0.15) is 5.10 Å². The van der Waals surface area contributed by atoms with Gasteiger partial charge in [-0.15, -0.1) is 0 Å². The minimum absolute atomic E-state index is 0.559. The minimum atomic E-state index is -0.686. The predicted molar refractivity (Wildman–Crippen MR) is 100 cm³/mol. The zero-order valence-electron chi connectivity index (χ0n) is 12.5. The van der Waals surface area contributed by atoms with Gasteiger partial charge in [0.25, 0.3) is 0 Å². The number of hydrogen-bond donors (Lipinski definition) is 3. The molecule has 23 heavy (non-hydrogen) atoms. The number of nitrogens with two attached hydrogens (primary N) is 2. The Morgan fingerprint density at radius 2 is 2.04 bits per heavy atom. The van der Waals surface area contributed by atoms with Crippen molar-refractivity contribution in [1.82, 2.24) is 5.43 Å². The standard InChI is InChI=1S/C16H17IN4O2/c1-10(20-21-16(19)22)5-11-6-13(9-15(7-11)23-17)12-3-2-4-14(18)8-12/h2-4,6-9H,5,18H2,1H3,(H3,19,21,22)/b20-10-. The number of nitrogens with one attached hydrogen (secondary N) is 1. The van der Waals surface area contributed by atoms with Crippen LogP contribution in [-0.4, -0.2) is 11.7 Å². The second kappa shape index (κ2) is 7.82. The number of hydrazone groups is 1. The number of carbonyl (C=O) groups excluding carboxylic acids is 1. The summed E-state index contributed by atoms with van der Waals surface area (Å²) in [4.78, 5) is 10.7. The van der Waals surface area contributed by atoms with Crippen molar-refractivity contribution in [2.24, 2.45) is 10.8 Å². The lowest BCUT2D eigenvalue weighted by atomic mass is 10.00. The Kier molecular flexibility index (Phi) is 5.80. The van der Waals surface area contributed by atoms with Crippen LogP contribution in [0.5, 0.6) is 5.75 Å². The molecule has 0 saturated heterocycles. The maximum Gasteiger partial charge on any atom is 0.332 e. The third-order valence-electron chi connectivity index (χ3n) is 3.09. The second-order valence-corrected chi connectivity index (χ2v) is 5.51. The lowest BCUT2D eigenvalue weighted by molar-refractivity contribution is 0.249. The van der Waals surface area contributed by atoms with E-state index in [-0.39, 0.29) is 0 Å². The summed E-state index contributed by atoms with van der Waals surface area (Å²) >= 11 is 1.84. The molecular weight excluding hydrogens is 407 g/mol. The first kappa shape index (κ1) is 17.1. The van der Waals surface area contributed by atoms with Crippen molar-refractivity contribution in [1.29, 1.82) is 0 Å². The van der Waals surface area contributed by atoms with Gasteiger partial charge in [0.1, 0.15) is 5.75 Å². The van der Waals surface area contributed by atoms with Crippen LogP contribution in [0, 0.1) is 0 Å². The van der Waals surface area contributed by atoms with Crippen LogP contribution >= 0.6 is 23.0 Å². The van der Waals surface area contributed by atoms with Crippen LogP contribution in [0.4, 0.5) is 10.5 Å². The molecule has 0 heterocycles. The fourth-order valence-corrected chi connectivity index (χ4v) is 2.43. The molecule has 0 saturated carbocycles. The first-order chi connectivity index (χ1) is 11.0. The Morgan fingerprint density at radius 1 is 1.26 bits per heavy atom. The molecule has 2 rings (SSSR count). The van der Waals surface area contributed by atoms with Crippen molar-refractivity contribution in [2.45, 2.75) is 13.3 Å². The molecule has 2 amide bonds. The molecule has 0 unspecified atom stereocenters. The van der Waals surface area contributed by atoms with Crippen LogP contribution in [0.25, 0.3) is 11.1 Å². The SMILES string of the molecule is C/C(Cc1cc(OI)cc(-c2cccc(N)c2)c1)=N/NC(N)=O.